The van der Waals surface area contributed by atoms with Crippen LogP contribution in [0.5, 0.6) is 0 Å². The smallest absolute Gasteiger partial charge is 0 e. The van der Waals surface area contributed by atoms with Crippen LogP contribution in [0.4, 0.5) is 0 Å². The van der Waals surface area contributed by atoms with Gasteiger partial charge in [0.25, 0.3) is 0 Å². The summed E-state index contributed by atoms with van der Waals surface area (Å²) in [5, 5.41) is 0. The van der Waals surface area contributed by atoms with E-state index < -0.39 is 0 Å². The minimum atomic E-state index is 0. The number of hydrogen-bond acceptors (Lipinski definition) is 1. The molecule has 0 unspecified atom stereocenters. The van der Waals surface area contributed by atoms with Gasteiger partial charge in [0.2, 0.25) is 0 Å². The molecule has 0 aliphatic carbocycles. The molecule has 0 saturated heterocycles. The molecule has 0 spiro atoms. The first-order valence-corrected chi connectivity index (χ1v) is 0.704. The van der Waals surface area contributed by atoms with Gasteiger partial charge >= 0.3 is 0 Å². The zero-order chi connectivity index (χ0) is 2.71. The van der Waals surface area contributed by atoms with Crippen molar-refractivity contribution < 1.29 is 30.6 Å². The van der Waals surface area contributed by atoms with Crippen LogP contribution in [0.25, 0.3) is 0 Å². The van der Waals surface area contributed by atoms with E-state index in [-0.39, 0.29) is 25.8 Å². The molecule has 4 heavy (non-hydrogen) atoms. The second kappa shape index (κ2) is 9.63. The van der Waals surface area contributed by atoms with Gasteiger partial charge in [-0.3, -0.25) is 6.29 Å². The molecule has 0 aromatic carbocycles. The Kier molecular flexibility index (Phi) is 21.2. The van der Waals surface area contributed by atoms with Crippen LogP contribution in [0.15, 0.2) is 0 Å². The summed E-state index contributed by atoms with van der Waals surface area (Å²) in [6.45, 7) is 1.32. The molecule has 0 N–H and O–H groups in total. The Morgan fingerprint density at radius 3 is 1.75 bits per heavy atom. The van der Waals surface area contributed by atoms with Crippen molar-refractivity contribution in [3.8, 4) is 0 Å². The molecule has 22 valence electrons. The molecule has 0 aromatic heterocycles. The molecule has 0 saturated carbocycles. The Balaban J connectivity index is 0. The zero-order valence-corrected chi connectivity index (χ0v) is 6.00. The Labute approximate surface area is 44.2 Å². The van der Waals surface area contributed by atoms with E-state index in [4.69, 9.17) is 4.79 Å². The van der Waals surface area contributed by atoms with Gasteiger partial charge in [0.05, 0.1) is 0 Å². The van der Waals surface area contributed by atoms with Crippen LogP contribution in [-0.4, -0.2) is 6.29 Å². The molecule has 0 heterocycles. The molecule has 0 aliphatic rings. The predicted molar refractivity (Wildman–Crippen MR) is 11.4 cm³/mol. The Morgan fingerprint density at radius 2 is 1.75 bits per heavy atom. The van der Waals surface area contributed by atoms with E-state index in [1.807, 2.05) is 0 Å². The van der Waals surface area contributed by atoms with E-state index in [0.717, 1.165) is 0 Å². The van der Waals surface area contributed by atoms with Gasteiger partial charge in [0, 0.05) is 25.8 Å². The van der Waals surface area contributed by atoms with Crippen molar-refractivity contribution in [1.29, 1.82) is 0 Å². The monoisotopic (exact) mass is 223 g/mol. The van der Waals surface area contributed by atoms with Crippen LogP contribution >= 0.6 is 0 Å². The molecule has 0 radical (unpaired) electrons. The van der Waals surface area contributed by atoms with Gasteiger partial charge in [0.1, 0.15) is 0 Å². The minimum absolute atomic E-state index is 0. The summed E-state index contributed by atoms with van der Waals surface area (Å²) in [5.74, 6) is 0. The molecule has 1 nitrogen and oxygen atoms in total. The van der Waals surface area contributed by atoms with Crippen molar-refractivity contribution in [3.63, 3.8) is 0 Å². The zero-order valence-electron chi connectivity index (χ0n) is 2.41. The van der Waals surface area contributed by atoms with E-state index in [2.05, 4.69) is 0 Å². The Bertz CT molecular complexity index is 13.5. The molecule has 0 bridgehead atoms. The summed E-state index contributed by atoms with van der Waals surface area (Å²) in [6, 6.07) is 0. The fourth-order valence-electron chi connectivity index (χ4n) is 0. The number of rotatable bonds is 0. The van der Waals surface area contributed by atoms with Crippen LogP contribution in [0.3, 0.4) is 0 Å². The van der Waals surface area contributed by atoms with Gasteiger partial charge in [-0.2, -0.15) is 6.92 Å². The third-order valence-corrected chi connectivity index (χ3v) is 0. The summed E-state index contributed by atoms with van der Waals surface area (Å²) >= 11 is 0. The molecule has 0 atom stereocenters. The molecular weight excluding hydrogens is 219 g/mol. The van der Waals surface area contributed by atoms with E-state index in [1.165, 1.54) is 13.2 Å². The van der Waals surface area contributed by atoms with Crippen LogP contribution in [0.2, 0.25) is 0 Å². The minimum Gasteiger partial charge on any atom is -0.542 e. The first-order chi connectivity index (χ1) is 1.41. The predicted octanol–water partition coefficient (Wildman–Crippen LogP) is 0.113. The third-order valence-electron chi connectivity index (χ3n) is 0. The maximum Gasteiger partial charge on any atom is 0 e. The van der Waals surface area contributed by atoms with Gasteiger partial charge in [-0.05, 0) is 0 Å². The van der Waals surface area contributed by atoms with Crippen LogP contribution in [-0.2, 0) is 30.6 Å². The van der Waals surface area contributed by atoms with Crippen molar-refractivity contribution in [2.24, 2.45) is 0 Å². The van der Waals surface area contributed by atoms with E-state index in [9.17, 15) is 0 Å². The second-order valence-corrected chi connectivity index (χ2v) is 0.204. The van der Waals surface area contributed by atoms with Crippen LogP contribution in [0, 0.1) is 0 Å². The van der Waals surface area contributed by atoms with Gasteiger partial charge in [-0.1, -0.05) is 0 Å². The van der Waals surface area contributed by atoms with Gasteiger partial charge < -0.3 is 4.79 Å². The quantitative estimate of drug-likeness (QED) is 0.419. The molecular formula is C2H3HfO-. The van der Waals surface area contributed by atoms with Crippen molar-refractivity contribution in [1.82, 2.24) is 0 Å². The largest absolute Gasteiger partial charge is 0.542 e. The van der Waals surface area contributed by atoms with Gasteiger partial charge in [-0.25, -0.2) is 0 Å². The first-order valence-electron chi connectivity index (χ1n) is 0.704. The maximum absolute atomic E-state index is 8.68. The standard InChI is InChI=1S/C2H3O.Hf/c1-2-3;/h1H3;/q-1;. The van der Waals surface area contributed by atoms with E-state index >= 15 is 0 Å². The molecule has 0 rings (SSSR count). The van der Waals surface area contributed by atoms with Gasteiger partial charge in [-0.15, -0.1) is 0 Å². The average molecular weight is 222 g/mol. The summed E-state index contributed by atoms with van der Waals surface area (Å²) in [7, 11) is 0. The van der Waals surface area contributed by atoms with E-state index in [0.29, 0.717) is 0 Å². The summed E-state index contributed by atoms with van der Waals surface area (Å²) in [4.78, 5) is 8.68. The maximum atomic E-state index is 8.68. The Hall–Kier alpha value is 0.540. The topological polar surface area (TPSA) is 17.1 Å². The summed E-state index contributed by atoms with van der Waals surface area (Å²) < 4.78 is 0. The fraction of sp³-hybridized carbons (Fsp3) is 0.500. The summed E-state index contributed by atoms with van der Waals surface area (Å²) in [5.41, 5.74) is 0. The SMILES string of the molecule is C[C-]=O.[Hf]. The number of carbonyl (C=O) groups excluding carboxylic acids is 1. The fourth-order valence-corrected chi connectivity index (χ4v) is 0. The third kappa shape index (κ3) is 20.7. The van der Waals surface area contributed by atoms with Gasteiger partial charge in [0.15, 0.2) is 0 Å². The summed E-state index contributed by atoms with van der Waals surface area (Å²) in [6.07, 6.45) is 1.50. The van der Waals surface area contributed by atoms with Crippen molar-refractivity contribution >= 4 is 6.29 Å². The molecule has 0 aromatic rings. The van der Waals surface area contributed by atoms with Crippen LogP contribution in [0.1, 0.15) is 6.92 Å². The second-order valence-electron chi connectivity index (χ2n) is 0.204. The van der Waals surface area contributed by atoms with Crippen molar-refractivity contribution in [2.45, 2.75) is 6.92 Å². The molecule has 0 aliphatic heterocycles. The van der Waals surface area contributed by atoms with Crippen molar-refractivity contribution in [3.05, 3.63) is 0 Å². The molecule has 2 heteroatoms. The number of hydrogen-bond donors (Lipinski definition) is 0. The molecule has 0 fully saturated rings. The average Bonchev–Trinajstić information content (AvgIpc) is 0.918. The normalized spacial score (nSPS) is 3.25. The van der Waals surface area contributed by atoms with Crippen LogP contribution < -0.4 is 0 Å². The molecule has 0 amide bonds. The first kappa shape index (κ1) is 8.82. The van der Waals surface area contributed by atoms with Crippen molar-refractivity contribution in [2.75, 3.05) is 0 Å². The Morgan fingerprint density at radius 1 is 1.75 bits per heavy atom. The van der Waals surface area contributed by atoms with E-state index in [1.54, 1.807) is 0 Å².